The molecule has 0 heterocycles. The maximum absolute atomic E-state index is 12.7. The molecule has 55 heavy (non-hydrogen) atoms. The molecule has 0 radical (unpaired) electrons. The Morgan fingerprint density at radius 3 is 0.782 bits per heavy atom. The monoisotopic (exact) mass is 779 g/mol. The molecule has 0 spiro atoms. The molecule has 0 saturated heterocycles. The predicted molar refractivity (Wildman–Crippen MR) is 233 cm³/mol. The lowest BCUT2D eigenvalue weighted by atomic mass is 10.0. The van der Waals surface area contributed by atoms with Crippen molar-refractivity contribution in [2.75, 3.05) is 13.2 Å². The first-order valence-electron chi connectivity index (χ1n) is 24.1. The Kier molecular flexibility index (Phi) is 39.4. The first-order valence-corrected chi connectivity index (χ1v) is 24.1. The van der Waals surface area contributed by atoms with Crippen LogP contribution < -0.4 is 0 Å². The molecule has 6 nitrogen and oxygen atoms in total. The Labute approximate surface area is 342 Å². The molecule has 0 saturated carbocycles. The van der Waals surface area contributed by atoms with Crippen LogP contribution in [0, 0.1) is 17.8 Å². The summed E-state index contributed by atoms with van der Waals surface area (Å²) in [4.78, 5) is 37.8. The van der Waals surface area contributed by atoms with E-state index in [-0.39, 0.29) is 31.1 Å². The summed E-state index contributed by atoms with van der Waals surface area (Å²) in [7, 11) is 0. The maximum Gasteiger partial charge on any atom is 0.306 e. The lowest BCUT2D eigenvalue weighted by molar-refractivity contribution is -0.167. The molecule has 0 aliphatic rings. The van der Waals surface area contributed by atoms with Crippen LogP contribution in [0.2, 0.25) is 0 Å². The number of carbonyl (C=O) groups excluding carboxylic acids is 3. The number of hydrogen-bond acceptors (Lipinski definition) is 6. The summed E-state index contributed by atoms with van der Waals surface area (Å²) in [6.07, 6.45) is 38.2. The van der Waals surface area contributed by atoms with Gasteiger partial charge in [-0.25, -0.2) is 0 Å². The highest BCUT2D eigenvalue weighted by atomic mass is 16.6. The summed E-state index contributed by atoms with van der Waals surface area (Å²) in [6.45, 7) is 13.6. The van der Waals surface area contributed by atoms with E-state index in [1.54, 1.807) is 0 Å². The van der Waals surface area contributed by atoms with Crippen molar-refractivity contribution >= 4 is 17.9 Å². The first-order chi connectivity index (χ1) is 26.6. The molecular formula is C49H94O6. The van der Waals surface area contributed by atoms with Crippen molar-refractivity contribution < 1.29 is 28.6 Å². The van der Waals surface area contributed by atoms with E-state index in [0.717, 1.165) is 75.5 Å². The summed E-state index contributed by atoms with van der Waals surface area (Å²) >= 11 is 0. The summed E-state index contributed by atoms with van der Waals surface area (Å²) < 4.78 is 16.7. The highest BCUT2D eigenvalue weighted by molar-refractivity contribution is 5.71. The summed E-state index contributed by atoms with van der Waals surface area (Å²) in [6, 6.07) is 0. The fourth-order valence-electron chi connectivity index (χ4n) is 7.23. The molecule has 0 bridgehead atoms. The first kappa shape index (κ1) is 53.4. The summed E-state index contributed by atoms with van der Waals surface area (Å²) in [5.41, 5.74) is 0. The van der Waals surface area contributed by atoms with Gasteiger partial charge in [0.15, 0.2) is 6.10 Å². The number of esters is 3. The number of ether oxygens (including phenoxy) is 3. The molecule has 0 aromatic carbocycles. The van der Waals surface area contributed by atoms with Gasteiger partial charge in [-0.05, 0) is 37.0 Å². The quantitative estimate of drug-likeness (QED) is 0.0349. The second kappa shape index (κ2) is 40.6. The maximum atomic E-state index is 12.7. The van der Waals surface area contributed by atoms with Crippen LogP contribution in [0.25, 0.3) is 0 Å². The van der Waals surface area contributed by atoms with Crippen molar-refractivity contribution in [1.82, 2.24) is 0 Å². The summed E-state index contributed by atoms with van der Waals surface area (Å²) in [5, 5.41) is 0. The number of rotatable bonds is 42. The average Bonchev–Trinajstić information content (AvgIpc) is 3.13. The highest BCUT2D eigenvalue weighted by Crippen LogP contribution is 2.17. The molecule has 326 valence electrons. The van der Waals surface area contributed by atoms with Crippen molar-refractivity contribution in [2.45, 2.75) is 266 Å². The van der Waals surface area contributed by atoms with E-state index in [4.69, 9.17) is 14.2 Å². The third-order valence-electron chi connectivity index (χ3n) is 10.9. The van der Waals surface area contributed by atoms with Crippen molar-refractivity contribution in [3.63, 3.8) is 0 Å². The van der Waals surface area contributed by atoms with E-state index in [2.05, 4.69) is 41.5 Å². The third kappa shape index (κ3) is 43.4. The third-order valence-corrected chi connectivity index (χ3v) is 10.9. The van der Waals surface area contributed by atoms with Gasteiger partial charge in [-0.1, -0.05) is 221 Å². The van der Waals surface area contributed by atoms with Gasteiger partial charge in [0.2, 0.25) is 0 Å². The molecular weight excluding hydrogens is 685 g/mol. The van der Waals surface area contributed by atoms with E-state index in [0.29, 0.717) is 19.3 Å². The molecule has 0 aromatic rings. The molecule has 0 N–H and O–H groups in total. The fraction of sp³-hybridized carbons (Fsp3) is 0.939. The Morgan fingerprint density at radius 2 is 0.527 bits per heavy atom. The largest absolute Gasteiger partial charge is 0.462 e. The molecule has 0 amide bonds. The Hall–Kier alpha value is -1.59. The minimum atomic E-state index is -0.762. The zero-order valence-electron chi connectivity index (χ0n) is 37.7. The van der Waals surface area contributed by atoms with Crippen LogP contribution in [0.3, 0.4) is 0 Å². The van der Waals surface area contributed by atoms with Crippen molar-refractivity contribution in [3.8, 4) is 0 Å². The zero-order chi connectivity index (χ0) is 40.6. The molecule has 1 atom stereocenters. The van der Waals surface area contributed by atoms with E-state index in [1.165, 1.54) is 141 Å². The predicted octanol–water partition coefficient (Wildman–Crippen LogP) is 15.2. The zero-order valence-corrected chi connectivity index (χ0v) is 37.7. The van der Waals surface area contributed by atoms with E-state index < -0.39 is 6.10 Å². The minimum absolute atomic E-state index is 0.0660. The lowest BCUT2D eigenvalue weighted by Gasteiger charge is -2.18. The molecule has 0 aliphatic heterocycles. The van der Waals surface area contributed by atoms with Crippen LogP contribution in [-0.2, 0) is 28.6 Å². The van der Waals surface area contributed by atoms with Gasteiger partial charge in [-0.15, -0.1) is 0 Å². The standard InChI is InChI=1S/C49H94O6/c1-43(2)35-29-23-17-13-9-7-11-15-19-26-32-38-47(50)53-41-46(42-54-48(51)39-33-27-22-21-25-31-37-45(5)6)55-49(52)40-34-28-20-16-12-8-10-14-18-24-30-36-44(3)4/h43-46H,7-42H2,1-6H3/t46-/m0/s1. The van der Waals surface area contributed by atoms with Crippen molar-refractivity contribution in [3.05, 3.63) is 0 Å². The van der Waals surface area contributed by atoms with Gasteiger partial charge in [0.05, 0.1) is 0 Å². The van der Waals surface area contributed by atoms with E-state index >= 15 is 0 Å². The second-order valence-corrected chi connectivity index (χ2v) is 18.2. The number of carbonyl (C=O) groups is 3. The molecule has 0 aromatic heterocycles. The molecule has 0 aliphatic carbocycles. The van der Waals surface area contributed by atoms with Gasteiger partial charge in [0.1, 0.15) is 13.2 Å². The van der Waals surface area contributed by atoms with Gasteiger partial charge in [0, 0.05) is 19.3 Å². The average molecular weight is 779 g/mol. The van der Waals surface area contributed by atoms with Crippen molar-refractivity contribution in [2.24, 2.45) is 17.8 Å². The SMILES string of the molecule is CC(C)CCCCCCCCCCCCCC(=O)OC[C@@H](COC(=O)CCCCCCCCC(C)C)OC(=O)CCCCCCCCCCCCCC(C)C. The lowest BCUT2D eigenvalue weighted by Crippen LogP contribution is -2.30. The number of unbranched alkanes of at least 4 members (excludes halogenated alkanes) is 25. The highest BCUT2D eigenvalue weighted by Gasteiger charge is 2.19. The van der Waals surface area contributed by atoms with Crippen molar-refractivity contribution in [1.29, 1.82) is 0 Å². The van der Waals surface area contributed by atoms with Crippen LogP contribution in [-0.4, -0.2) is 37.2 Å². The molecule has 6 heteroatoms. The van der Waals surface area contributed by atoms with Crippen LogP contribution in [0.1, 0.15) is 260 Å². The normalized spacial score (nSPS) is 12.2. The van der Waals surface area contributed by atoms with E-state index in [1.807, 2.05) is 0 Å². The smallest absolute Gasteiger partial charge is 0.306 e. The molecule has 0 rings (SSSR count). The fourth-order valence-corrected chi connectivity index (χ4v) is 7.23. The van der Waals surface area contributed by atoms with E-state index in [9.17, 15) is 14.4 Å². The topological polar surface area (TPSA) is 78.9 Å². The van der Waals surface area contributed by atoms with Crippen LogP contribution in [0.15, 0.2) is 0 Å². The van der Waals surface area contributed by atoms with Crippen LogP contribution in [0.4, 0.5) is 0 Å². The van der Waals surface area contributed by atoms with Gasteiger partial charge >= 0.3 is 17.9 Å². The van der Waals surface area contributed by atoms with Gasteiger partial charge in [-0.2, -0.15) is 0 Å². The minimum Gasteiger partial charge on any atom is -0.462 e. The summed E-state index contributed by atoms with van der Waals surface area (Å²) in [5.74, 6) is 1.55. The Morgan fingerprint density at radius 1 is 0.309 bits per heavy atom. The number of hydrogen-bond donors (Lipinski definition) is 0. The van der Waals surface area contributed by atoms with Crippen LogP contribution >= 0.6 is 0 Å². The van der Waals surface area contributed by atoms with Crippen LogP contribution in [0.5, 0.6) is 0 Å². The van der Waals surface area contributed by atoms with Gasteiger partial charge in [0.25, 0.3) is 0 Å². The second-order valence-electron chi connectivity index (χ2n) is 18.2. The Bertz CT molecular complexity index is 852. The van der Waals surface area contributed by atoms with Gasteiger partial charge in [-0.3, -0.25) is 14.4 Å². The molecule has 0 unspecified atom stereocenters. The Balaban J connectivity index is 4.31. The molecule has 0 fully saturated rings. The van der Waals surface area contributed by atoms with Gasteiger partial charge < -0.3 is 14.2 Å².